The van der Waals surface area contributed by atoms with Crippen LogP contribution < -0.4 is 5.32 Å². The molecular formula is C13H25N3O. The molecule has 0 aromatic carbocycles. The topological polar surface area (TPSA) is 50.1 Å². The zero-order valence-electron chi connectivity index (χ0n) is 11.4. The van der Waals surface area contributed by atoms with Gasteiger partial charge in [-0.05, 0) is 38.3 Å². The summed E-state index contributed by atoms with van der Waals surface area (Å²) in [6.07, 6.45) is 6.30. The summed E-state index contributed by atoms with van der Waals surface area (Å²) >= 11 is 0. The van der Waals surface area contributed by atoms with Gasteiger partial charge >= 0.3 is 0 Å². The van der Waals surface area contributed by atoms with Crippen molar-refractivity contribution in [2.45, 2.75) is 51.7 Å². The number of nitrogens with one attached hydrogen (secondary N) is 1. The van der Waals surface area contributed by atoms with Crippen molar-refractivity contribution < 1.29 is 5.11 Å². The molecule has 1 rings (SSSR count). The van der Waals surface area contributed by atoms with E-state index in [0.29, 0.717) is 6.04 Å². The largest absolute Gasteiger partial charge is 0.390 e. The van der Waals surface area contributed by atoms with Gasteiger partial charge in [0.15, 0.2) is 0 Å². The van der Waals surface area contributed by atoms with E-state index in [4.69, 9.17) is 0 Å². The van der Waals surface area contributed by atoms with E-state index in [2.05, 4.69) is 24.3 Å². The highest BCUT2D eigenvalue weighted by molar-refractivity contribution is 5.04. The van der Waals surface area contributed by atoms with Gasteiger partial charge in [-0.25, -0.2) is 0 Å². The van der Waals surface area contributed by atoms with E-state index in [-0.39, 0.29) is 0 Å². The normalized spacial score (nSPS) is 15.2. The molecule has 0 spiro atoms. The van der Waals surface area contributed by atoms with E-state index in [0.717, 1.165) is 25.8 Å². The molecule has 4 heteroatoms. The monoisotopic (exact) mass is 239 g/mol. The SMILES string of the molecule is CC(C)NCCC(C)(O)CCc1cnn(C)c1. The van der Waals surface area contributed by atoms with Crippen molar-refractivity contribution in [3.05, 3.63) is 18.0 Å². The molecule has 17 heavy (non-hydrogen) atoms. The third-order valence-corrected chi connectivity index (χ3v) is 2.93. The highest BCUT2D eigenvalue weighted by Crippen LogP contribution is 2.17. The highest BCUT2D eigenvalue weighted by Gasteiger charge is 2.19. The first-order valence-corrected chi connectivity index (χ1v) is 6.32. The van der Waals surface area contributed by atoms with Crippen LogP contribution in [0.4, 0.5) is 0 Å². The van der Waals surface area contributed by atoms with Crippen molar-refractivity contribution in [1.29, 1.82) is 0 Å². The number of hydrogen-bond donors (Lipinski definition) is 2. The maximum absolute atomic E-state index is 10.2. The lowest BCUT2D eigenvalue weighted by Gasteiger charge is -2.23. The average molecular weight is 239 g/mol. The van der Waals surface area contributed by atoms with E-state index in [1.54, 1.807) is 4.68 Å². The first kappa shape index (κ1) is 14.2. The van der Waals surface area contributed by atoms with Crippen LogP contribution in [0.25, 0.3) is 0 Å². The van der Waals surface area contributed by atoms with E-state index in [1.165, 1.54) is 5.56 Å². The third kappa shape index (κ3) is 5.84. The number of aromatic nitrogens is 2. The van der Waals surface area contributed by atoms with Crippen LogP contribution in [0.1, 0.15) is 39.2 Å². The number of rotatable bonds is 7. The Balaban J connectivity index is 2.28. The van der Waals surface area contributed by atoms with Crippen molar-refractivity contribution in [3.63, 3.8) is 0 Å². The minimum Gasteiger partial charge on any atom is -0.390 e. The summed E-state index contributed by atoms with van der Waals surface area (Å²) in [5.74, 6) is 0. The first-order chi connectivity index (χ1) is 7.89. The molecule has 4 nitrogen and oxygen atoms in total. The van der Waals surface area contributed by atoms with Crippen molar-refractivity contribution in [3.8, 4) is 0 Å². The summed E-state index contributed by atoms with van der Waals surface area (Å²) in [5, 5.41) is 17.7. The van der Waals surface area contributed by atoms with Gasteiger partial charge in [0.05, 0.1) is 11.8 Å². The first-order valence-electron chi connectivity index (χ1n) is 6.32. The molecule has 0 radical (unpaired) electrons. The molecule has 0 saturated heterocycles. The molecule has 0 fully saturated rings. The lowest BCUT2D eigenvalue weighted by Crippen LogP contribution is -2.33. The predicted molar refractivity (Wildman–Crippen MR) is 69.9 cm³/mol. The van der Waals surface area contributed by atoms with Crippen LogP contribution in [0, 0.1) is 0 Å². The van der Waals surface area contributed by atoms with Crippen LogP contribution in [0.5, 0.6) is 0 Å². The molecule has 1 aromatic heterocycles. The molecule has 0 bridgehead atoms. The minimum atomic E-state index is -0.599. The minimum absolute atomic E-state index is 0.476. The summed E-state index contributed by atoms with van der Waals surface area (Å²) < 4.78 is 1.80. The Hall–Kier alpha value is -0.870. The smallest absolute Gasteiger partial charge is 0.0635 e. The molecule has 0 saturated carbocycles. The van der Waals surface area contributed by atoms with Crippen molar-refractivity contribution in [1.82, 2.24) is 15.1 Å². The Labute approximate surface area is 104 Å². The highest BCUT2D eigenvalue weighted by atomic mass is 16.3. The van der Waals surface area contributed by atoms with Crippen LogP contribution in [-0.4, -0.2) is 33.1 Å². The van der Waals surface area contributed by atoms with E-state index >= 15 is 0 Å². The Morgan fingerprint density at radius 2 is 2.18 bits per heavy atom. The van der Waals surface area contributed by atoms with Gasteiger partial charge in [-0.1, -0.05) is 13.8 Å². The fourth-order valence-corrected chi connectivity index (χ4v) is 1.77. The molecule has 0 aliphatic carbocycles. The summed E-state index contributed by atoms with van der Waals surface area (Å²) in [6, 6.07) is 0.476. The Bertz CT molecular complexity index is 331. The van der Waals surface area contributed by atoms with Crippen LogP contribution in [0.3, 0.4) is 0 Å². The van der Waals surface area contributed by atoms with Crippen molar-refractivity contribution in [2.75, 3.05) is 6.54 Å². The van der Waals surface area contributed by atoms with E-state index < -0.39 is 5.60 Å². The fraction of sp³-hybridized carbons (Fsp3) is 0.769. The Morgan fingerprint density at radius 1 is 1.47 bits per heavy atom. The standard InChI is InChI=1S/C13H25N3O/c1-11(2)14-8-7-13(3,17)6-5-12-9-15-16(4)10-12/h9-11,14,17H,5-8H2,1-4H3. The Morgan fingerprint density at radius 3 is 2.71 bits per heavy atom. The number of aryl methyl sites for hydroxylation is 2. The van der Waals surface area contributed by atoms with Gasteiger partial charge in [0.25, 0.3) is 0 Å². The Kier molecular flexibility index (Phi) is 5.15. The fourth-order valence-electron chi connectivity index (χ4n) is 1.77. The molecule has 1 aromatic rings. The molecule has 0 amide bonds. The number of hydrogen-bond acceptors (Lipinski definition) is 3. The molecule has 1 unspecified atom stereocenters. The van der Waals surface area contributed by atoms with E-state index in [1.807, 2.05) is 26.4 Å². The van der Waals surface area contributed by atoms with Crippen molar-refractivity contribution >= 4 is 0 Å². The van der Waals surface area contributed by atoms with Gasteiger partial charge in [0.1, 0.15) is 0 Å². The summed E-state index contributed by atoms with van der Waals surface area (Å²) in [4.78, 5) is 0. The van der Waals surface area contributed by atoms with Gasteiger partial charge < -0.3 is 10.4 Å². The molecular weight excluding hydrogens is 214 g/mol. The molecule has 2 N–H and O–H groups in total. The van der Waals surface area contributed by atoms with Crippen LogP contribution in [-0.2, 0) is 13.5 Å². The van der Waals surface area contributed by atoms with Crippen molar-refractivity contribution in [2.24, 2.45) is 7.05 Å². The summed E-state index contributed by atoms with van der Waals surface area (Å²) in [7, 11) is 1.91. The van der Waals surface area contributed by atoms with Gasteiger partial charge in [-0.3, -0.25) is 4.68 Å². The predicted octanol–water partition coefficient (Wildman–Crippen LogP) is 1.49. The second-order valence-electron chi connectivity index (χ2n) is 5.38. The lowest BCUT2D eigenvalue weighted by molar-refractivity contribution is 0.0421. The maximum atomic E-state index is 10.2. The van der Waals surface area contributed by atoms with Gasteiger partial charge in [-0.15, -0.1) is 0 Å². The second kappa shape index (κ2) is 6.17. The zero-order valence-corrected chi connectivity index (χ0v) is 11.4. The molecule has 0 aliphatic rings. The molecule has 0 aliphatic heterocycles. The van der Waals surface area contributed by atoms with Gasteiger partial charge in [0.2, 0.25) is 0 Å². The lowest BCUT2D eigenvalue weighted by atomic mass is 9.94. The summed E-state index contributed by atoms with van der Waals surface area (Å²) in [5.41, 5.74) is 0.585. The molecule has 98 valence electrons. The van der Waals surface area contributed by atoms with E-state index in [9.17, 15) is 5.11 Å². The summed E-state index contributed by atoms with van der Waals surface area (Å²) in [6.45, 7) is 7.00. The zero-order chi connectivity index (χ0) is 12.9. The van der Waals surface area contributed by atoms with Crippen LogP contribution >= 0.6 is 0 Å². The van der Waals surface area contributed by atoms with Gasteiger partial charge in [-0.2, -0.15) is 5.10 Å². The number of nitrogens with zero attached hydrogens (tertiary/aromatic N) is 2. The quantitative estimate of drug-likeness (QED) is 0.758. The molecule has 1 atom stereocenters. The average Bonchev–Trinajstić information content (AvgIpc) is 2.61. The van der Waals surface area contributed by atoms with Crippen LogP contribution in [0.2, 0.25) is 0 Å². The van der Waals surface area contributed by atoms with Crippen LogP contribution in [0.15, 0.2) is 12.4 Å². The number of aliphatic hydroxyl groups is 1. The third-order valence-electron chi connectivity index (χ3n) is 2.93. The van der Waals surface area contributed by atoms with Gasteiger partial charge in [0, 0.05) is 19.3 Å². The maximum Gasteiger partial charge on any atom is 0.0635 e. The second-order valence-corrected chi connectivity index (χ2v) is 5.38. The molecule has 1 heterocycles.